The molecular formula is C30H34ClN3O7S. The van der Waals surface area contributed by atoms with Gasteiger partial charge in [-0.3, -0.25) is 14.4 Å². The summed E-state index contributed by atoms with van der Waals surface area (Å²) in [5.74, 6) is -1.47. The molecule has 0 fully saturated rings. The first-order chi connectivity index (χ1) is 19.9. The van der Waals surface area contributed by atoms with Crippen molar-refractivity contribution in [2.45, 2.75) is 37.4 Å². The number of sulfonamides is 1. The van der Waals surface area contributed by atoms with E-state index in [9.17, 15) is 28.2 Å². The lowest BCUT2D eigenvalue weighted by molar-refractivity contribution is 0.0343. The molecule has 42 heavy (non-hydrogen) atoms. The van der Waals surface area contributed by atoms with Crippen LogP contribution in [0.15, 0.2) is 71.6 Å². The van der Waals surface area contributed by atoms with Gasteiger partial charge in [0.25, 0.3) is 15.9 Å². The second-order valence-electron chi connectivity index (χ2n) is 10.6. The van der Waals surface area contributed by atoms with Gasteiger partial charge in [0.05, 0.1) is 34.4 Å². The fraction of sp³-hybridized carbons (Fsp3) is 0.333. The highest BCUT2D eigenvalue weighted by atomic mass is 35.5. The van der Waals surface area contributed by atoms with Crippen LogP contribution in [0.3, 0.4) is 0 Å². The van der Waals surface area contributed by atoms with Gasteiger partial charge in [-0.2, -0.15) is 0 Å². The Morgan fingerprint density at radius 3 is 2.43 bits per heavy atom. The number of para-hydroxylation sites is 1. The van der Waals surface area contributed by atoms with E-state index in [1.807, 2.05) is 18.9 Å². The Morgan fingerprint density at radius 2 is 1.81 bits per heavy atom. The highest BCUT2D eigenvalue weighted by Crippen LogP contribution is 2.36. The number of aliphatic hydroxyl groups is 1. The Bertz CT molecular complexity index is 1530. The normalized spacial score (nSPS) is 18.0. The zero-order chi connectivity index (χ0) is 30.6. The number of hydrogen-bond donors (Lipinski definition) is 3. The van der Waals surface area contributed by atoms with E-state index in [2.05, 4.69) is 4.72 Å². The van der Waals surface area contributed by atoms with Crippen molar-refractivity contribution < 1.29 is 33.0 Å². The molecule has 4 rings (SSSR count). The summed E-state index contributed by atoms with van der Waals surface area (Å²) in [6.07, 6.45) is -0.477. The summed E-state index contributed by atoms with van der Waals surface area (Å²) in [5.41, 5.74) is 1.39. The minimum absolute atomic E-state index is 0.00392. The molecule has 3 atom stereocenters. The molecule has 10 nitrogen and oxygen atoms in total. The van der Waals surface area contributed by atoms with E-state index >= 15 is 0 Å². The molecule has 1 aliphatic heterocycles. The number of likely N-dealkylation sites (N-methyl/N-ethyl adjacent to an activating group) is 1. The number of ether oxygens (including phenoxy) is 1. The lowest BCUT2D eigenvalue weighted by Gasteiger charge is -2.38. The highest BCUT2D eigenvalue weighted by Gasteiger charge is 2.35. The number of halogens is 1. The smallest absolute Gasteiger partial charge is 0.335 e. The summed E-state index contributed by atoms with van der Waals surface area (Å²) < 4.78 is 35.6. The van der Waals surface area contributed by atoms with Gasteiger partial charge in [-0.1, -0.05) is 36.7 Å². The second kappa shape index (κ2) is 13.1. The molecule has 3 N–H and O–H groups in total. The lowest BCUT2D eigenvalue weighted by Crippen LogP contribution is -2.49. The minimum Gasteiger partial charge on any atom is -0.486 e. The number of aliphatic hydroxyl groups excluding tert-OH is 1. The van der Waals surface area contributed by atoms with Gasteiger partial charge in [0.15, 0.2) is 5.75 Å². The Balaban J connectivity index is 1.67. The number of nitrogens with zero attached hydrogens (tertiary/aromatic N) is 2. The summed E-state index contributed by atoms with van der Waals surface area (Å²) in [4.78, 5) is 28.5. The fourth-order valence-electron chi connectivity index (χ4n) is 4.80. The molecule has 0 radical (unpaired) electrons. The summed E-state index contributed by atoms with van der Waals surface area (Å²) >= 11 is 5.94. The number of anilines is 1. The zero-order valence-corrected chi connectivity index (χ0v) is 25.1. The van der Waals surface area contributed by atoms with E-state index in [4.69, 9.17) is 16.3 Å². The molecule has 1 aliphatic rings. The molecule has 3 aromatic rings. The van der Waals surface area contributed by atoms with E-state index in [0.29, 0.717) is 24.7 Å². The van der Waals surface area contributed by atoms with E-state index in [0.717, 1.165) is 5.56 Å². The molecule has 0 aliphatic carbocycles. The van der Waals surface area contributed by atoms with Crippen LogP contribution in [-0.4, -0.2) is 79.2 Å². The molecular weight excluding hydrogens is 582 g/mol. The maximum absolute atomic E-state index is 13.7. The number of fused-ring (bicyclic) bond motifs is 1. The summed E-state index contributed by atoms with van der Waals surface area (Å²) in [5, 5.41) is 19.5. The van der Waals surface area contributed by atoms with Crippen molar-refractivity contribution in [2.75, 3.05) is 31.5 Å². The van der Waals surface area contributed by atoms with E-state index < -0.39 is 28.1 Å². The Labute approximate surface area is 250 Å². The first-order valence-corrected chi connectivity index (χ1v) is 15.3. The van der Waals surface area contributed by atoms with Crippen molar-refractivity contribution in [1.82, 2.24) is 9.80 Å². The highest BCUT2D eigenvalue weighted by molar-refractivity contribution is 7.92. The standard InChI is InChI=1S/C30H34ClN3O7S/c1-19-15-34(20(2)18-35)29(36)25-5-4-6-26(32-42(39,40)24-13-11-23(31)12-14-24)28(25)41-27(19)17-33(3)16-21-7-9-22(10-8-21)30(37)38/h4-14,19-20,27,32,35H,15-18H2,1-3H3,(H,37,38)/t19-,20-,27-/m1/s1. The molecule has 0 unspecified atom stereocenters. The van der Waals surface area contributed by atoms with Crippen molar-refractivity contribution >= 4 is 39.2 Å². The van der Waals surface area contributed by atoms with Crippen LogP contribution in [0.25, 0.3) is 0 Å². The fourth-order valence-corrected chi connectivity index (χ4v) is 5.98. The SMILES string of the molecule is C[C@@H]1CN([C@H](C)CO)C(=O)c2cccc(NS(=O)(=O)c3ccc(Cl)cc3)c2O[C@@H]1CN(C)Cc1ccc(C(=O)O)cc1. The van der Waals surface area contributed by atoms with Crippen molar-refractivity contribution in [3.05, 3.63) is 88.4 Å². The average Bonchev–Trinajstić information content (AvgIpc) is 2.95. The van der Waals surface area contributed by atoms with Crippen molar-refractivity contribution in [3.63, 3.8) is 0 Å². The Kier molecular flexibility index (Phi) is 9.78. The van der Waals surface area contributed by atoms with E-state index in [1.54, 1.807) is 48.2 Å². The van der Waals surface area contributed by atoms with Crippen LogP contribution in [0.1, 0.15) is 40.1 Å². The van der Waals surface area contributed by atoms with E-state index in [-0.39, 0.29) is 45.9 Å². The number of carboxylic acid groups (broad SMARTS) is 1. The number of amides is 1. The van der Waals surface area contributed by atoms with Gasteiger partial charge >= 0.3 is 5.97 Å². The first kappa shape index (κ1) is 31.3. The largest absolute Gasteiger partial charge is 0.486 e. The van der Waals surface area contributed by atoms with Crippen LogP contribution in [0.2, 0.25) is 5.02 Å². The van der Waals surface area contributed by atoms with Gasteiger partial charge in [0, 0.05) is 30.6 Å². The van der Waals surface area contributed by atoms with Gasteiger partial charge in [-0.25, -0.2) is 13.2 Å². The van der Waals surface area contributed by atoms with Gasteiger partial charge in [-0.05, 0) is 68.1 Å². The minimum atomic E-state index is -4.05. The van der Waals surface area contributed by atoms with E-state index in [1.165, 1.54) is 30.3 Å². The monoisotopic (exact) mass is 615 g/mol. The average molecular weight is 616 g/mol. The predicted molar refractivity (Wildman–Crippen MR) is 160 cm³/mol. The number of benzene rings is 3. The molecule has 0 aromatic heterocycles. The third-order valence-corrected chi connectivity index (χ3v) is 8.84. The number of carbonyl (C=O) groups excluding carboxylic acids is 1. The third kappa shape index (κ3) is 7.22. The number of rotatable bonds is 10. The molecule has 1 amide bonds. The Morgan fingerprint density at radius 1 is 1.14 bits per heavy atom. The number of hydrogen-bond acceptors (Lipinski definition) is 7. The zero-order valence-electron chi connectivity index (χ0n) is 23.5. The van der Waals surface area contributed by atoms with Crippen LogP contribution in [-0.2, 0) is 16.6 Å². The van der Waals surface area contributed by atoms with Crippen molar-refractivity contribution in [1.29, 1.82) is 0 Å². The van der Waals surface area contributed by atoms with Crippen LogP contribution < -0.4 is 9.46 Å². The number of nitrogens with one attached hydrogen (secondary N) is 1. The molecule has 0 spiro atoms. The molecule has 0 saturated carbocycles. The predicted octanol–water partition coefficient (Wildman–Crippen LogP) is 4.19. The second-order valence-corrected chi connectivity index (χ2v) is 12.7. The van der Waals surface area contributed by atoms with Crippen LogP contribution in [0.4, 0.5) is 5.69 Å². The summed E-state index contributed by atoms with van der Waals surface area (Å²) in [6.45, 7) is 4.67. The quantitative estimate of drug-likeness (QED) is 0.309. The maximum Gasteiger partial charge on any atom is 0.335 e. The molecule has 0 saturated heterocycles. The van der Waals surface area contributed by atoms with Gasteiger partial charge in [0.1, 0.15) is 6.10 Å². The Hall–Kier alpha value is -3.64. The van der Waals surface area contributed by atoms with Gasteiger partial charge in [-0.15, -0.1) is 0 Å². The van der Waals surface area contributed by atoms with Gasteiger partial charge in [0.2, 0.25) is 0 Å². The maximum atomic E-state index is 13.7. The van der Waals surface area contributed by atoms with Gasteiger partial charge < -0.3 is 19.8 Å². The first-order valence-electron chi connectivity index (χ1n) is 13.4. The number of carbonyl (C=O) groups is 2. The molecule has 0 bridgehead atoms. The summed E-state index contributed by atoms with van der Waals surface area (Å²) in [7, 11) is -2.15. The number of aromatic carboxylic acids is 1. The van der Waals surface area contributed by atoms with Crippen LogP contribution in [0.5, 0.6) is 5.75 Å². The molecule has 1 heterocycles. The number of carboxylic acids is 1. The third-order valence-electron chi connectivity index (χ3n) is 7.20. The lowest BCUT2D eigenvalue weighted by atomic mass is 9.99. The van der Waals surface area contributed by atoms with Crippen LogP contribution >= 0.6 is 11.6 Å². The topological polar surface area (TPSA) is 136 Å². The van der Waals surface area contributed by atoms with Crippen molar-refractivity contribution in [2.24, 2.45) is 5.92 Å². The van der Waals surface area contributed by atoms with Crippen molar-refractivity contribution in [3.8, 4) is 5.75 Å². The van der Waals surface area contributed by atoms with Crippen LogP contribution in [0, 0.1) is 5.92 Å². The molecule has 12 heteroatoms. The molecule has 3 aromatic carbocycles. The molecule has 224 valence electrons. The summed E-state index contributed by atoms with van der Waals surface area (Å²) in [6, 6.07) is 16.5.